The zero-order valence-electron chi connectivity index (χ0n) is 18.4. The van der Waals surface area contributed by atoms with E-state index in [1.165, 1.54) is 103 Å². The maximum absolute atomic E-state index is 2.51. The van der Waals surface area contributed by atoms with E-state index in [4.69, 9.17) is 0 Å². The van der Waals surface area contributed by atoms with Crippen molar-refractivity contribution in [2.45, 2.75) is 117 Å². The van der Waals surface area contributed by atoms with Crippen LogP contribution < -0.4 is 0 Å². The molecule has 0 radical (unpaired) electrons. The summed E-state index contributed by atoms with van der Waals surface area (Å²) >= 11 is 4.13. The molecule has 0 aromatic carbocycles. The highest BCUT2D eigenvalue weighted by Gasteiger charge is 2.21. The standard InChI is InChI=1S/C26H42S2/c1-3-5-7-8-10-11-21-13-15-22(16-14-21)17-18-24-20-26-25(28-24)19-23(27-26)12-9-6-4-2/h19-22H,3-18H2,1-2H3/t21-,22-. The summed E-state index contributed by atoms with van der Waals surface area (Å²) in [6.45, 7) is 4.60. The van der Waals surface area contributed by atoms with Crippen molar-refractivity contribution in [2.75, 3.05) is 0 Å². The topological polar surface area (TPSA) is 0 Å². The quantitative estimate of drug-likeness (QED) is 0.284. The zero-order valence-corrected chi connectivity index (χ0v) is 20.1. The molecule has 2 heteroatoms. The lowest BCUT2D eigenvalue weighted by atomic mass is 9.78. The van der Waals surface area contributed by atoms with Crippen molar-refractivity contribution in [3.8, 4) is 0 Å². The Kier molecular flexibility index (Phi) is 9.88. The van der Waals surface area contributed by atoms with Gasteiger partial charge in [0.2, 0.25) is 0 Å². The second-order valence-corrected chi connectivity index (χ2v) is 11.6. The highest BCUT2D eigenvalue weighted by Crippen LogP contribution is 2.37. The average Bonchev–Trinajstić information content (AvgIpc) is 3.26. The molecular formula is C26H42S2. The molecule has 0 spiro atoms. The maximum Gasteiger partial charge on any atom is 0.0456 e. The number of unbranched alkanes of at least 4 members (excludes halogenated alkanes) is 6. The van der Waals surface area contributed by atoms with Crippen molar-refractivity contribution in [1.82, 2.24) is 0 Å². The lowest BCUT2D eigenvalue weighted by Crippen LogP contribution is -2.15. The number of thiophene rings is 2. The molecule has 0 bridgehead atoms. The first kappa shape index (κ1) is 22.3. The molecule has 2 aromatic rings. The van der Waals surface area contributed by atoms with Crippen molar-refractivity contribution >= 4 is 32.1 Å². The van der Waals surface area contributed by atoms with Gasteiger partial charge in [-0.2, -0.15) is 0 Å². The fourth-order valence-corrected chi connectivity index (χ4v) is 7.43. The molecule has 0 unspecified atom stereocenters. The van der Waals surface area contributed by atoms with E-state index < -0.39 is 0 Å². The molecule has 0 N–H and O–H groups in total. The van der Waals surface area contributed by atoms with Gasteiger partial charge in [0.15, 0.2) is 0 Å². The monoisotopic (exact) mass is 418 g/mol. The SMILES string of the molecule is CCCCCCC[C@H]1CC[C@H](CCc2cc3sc(CCCCC)cc3s2)CC1. The second-order valence-electron chi connectivity index (χ2n) is 9.24. The molecule has 0 atom stereocenters. The van der Waals surface area contributed by atoms with Crippen LogP contribution in [0.4, 0.5) is 0 Å². The molecule has 1 saturated carbocycles. The van der Waals surface area contributed by atoms with Gasteiger partial charge in [-0.05, 0) is 49.7 Å². The van der Waals surface area contributed by atoms with Crippen molar-refractivity contribution in [3.63, 3.8) is 0 Å². The van der Waals surface area contributed by atoms with E-state index in [-0.39, 0.29) is 0 Å². The van der Waals surface area contributed by atoms with Crippen LogP contribution in [0.15, 0.2) is 12.1 Å². The molecule has 3 rings (SSSR count). The Morgan fingerprint density at radius 1 is 0.643 bits per heavy atom. The van der Waals surface area contributed by atoms with Gasteiger partial charge in [-0.3, -0.25) is 0 Å². The molecule has 1 fully saturated rings. The third-order valence-corrected chi connectivity index (χ3v) is 9.23. The molecule has 0 amide bonds. The molecule has 0 aliphatic heterocycles. The molecule has 2 heterocycles. The molecular weight excluding hydrogens is 376 g/mol. The van der Waals surface area contributed by atoms with E-state index >= 15 is 0 Å². The van der Waals surface area contributed by atoms with E-state index in [1.54, 1.807) is 19.2 Å². The second kappa shape index (κ2) is 12.4. The fourth-order valence-electron chi connectivity index (χ4n) is 4.92. The van der Waals surface area contributed by atoms with Crippen LogP contribution in [0.25, 0.3) is 9.40 Å². The molecule has 28 heavy (non-hydrogen) atoms. The highest BCUT2D eigenvalue weighted by molar-refractivity contribution is 7.27. The Bertz CT molecular complexity index is 626. The lowest BCUT2D eigenvalue weighted by Gasteiger charge is -2.28. The number of hydrogen-bond acceptors (Lipinski definition) is 2. The minimum absolute atomic E-state index is 1.00. The van der Waals surface area contributed by atoms with Crippen LogP contribution in [0.1, 0.15) is 113 Å². The molecule has 1 aliphatic rings. The summed E-state index contributed by atoms with van der Waals surface area (Å²) in [5.41, 5.74) is 0. The van der Waals surface area contributed by atoms with Crippen LogP contribution >= 0.6 is 22.7 Å². The van der Waals surface area contributed by atoms with Gasteiger partial charge < -0.3 is 0 Å². The van der Waals surface area contributed by atoms with Crippen molar-refractivity contribution in [3.05, 3.63) is 21.9 Å². The van der Waals surface area contributed by atoms with Gasteiger partial charge in [0.1, 0.15) is 0 Å². The molecule has 2 aromatic heterocycles. The normalized spacial score (nSPS) is 20.2. The fraction of sp³-hybridized carbons (Fsp3) is 0.769. The Hall–Kier alpha value is -0.340. The summed E-state index contributed by atoms with van der Waals surface area (Å²) in [5, 5.41) is 0. The van der Waals surface area contributed by atoms with Crippen LogP contribution in [-0.4, -0.2) is 0 Å². The first-order valence-corrected chi connectivity index (χ1v) is 13.9. The predicted octanol–water partition coefficient (Wildman–Crippen LogP) is 9.79. The third kappa shape index (κ3) is 7.17. The number of rotatable bonds is 13. The largest absolute Gasteiger partial charge is 0.139 e. The molecule has 0 nitrogen and oxygen atoms in total. The lowest BCUT2D eigenvalue weighted by molar-refractivity contribution is 0.249. The first-order valence-electron chi connectivity index (χ1n) is 12.3. The average molecular weight is 419 g/mol. The maximum atomic E-state index is 2.51. The van der Waals surface area contributed by atoms with E-state index in [0.717, 1.165) is 11.8 Å². The van der Waals surface area contributed by atoms with E-state index in [0.29, 0.717) is 0 Å². The summed E-state index contributed by atoms with van der Waals surface area (Å²) in [5.74, 6) is 2.05. The van der Waals surface area contributed by atoms with Gasteiger partial charge in [0.25, 0.3) is 0 Å². The summed E-state index contributed by atoms with van der Waals surface area (Å²) < 4.78 is 3.11. The molecule has 158 valence electrons. The summed E-state index contributed by atoms with van der Waals surface area (Å²) in [4.78, 5) is 3.24. The Labute approximate surface area is 182 Å². The van der Waals surface area contributed by atoms with Crippen molar-refractivity contribution < 1.29 is 0 Å². The van der Waals surface area contributed by atoms with Crippen molar-refractivity contribution in [2.24, 2.45) is 11.8 Å². The first-order chi connectivity index (χ1) is 13.8. The van der Waals surface area contributed by atoms with Gasteiger partial charge in [-0.1, -0.05) is 90.9 Å². The van der Waals surface area contributed by atoms with Crippen LogP contribution in [0, 0.1) is 11.8 Å². The van der Waals surface area contributed by atoms with E-state index in [1.807, 2.05) is 0 Å². The highest BCUT2D eigenvalue weighted by atomic mass is 32.1. The molecule has 0 saturated heterocycles. The van der Waals surface area contributed by atoms with Gasteiger partial charge in [-0.25, -0.2) is 0 Å². The minimum atomic E-state index is 1.00. The van der Waals surface area contributed by atoms with Gasteiger partial charge in [0, 0.05) is 19.2 Å². The Morgan fingerprint density at radius 3 is 1.82 bits per heavy atom. The van der Waals surface area contributed by atoms with Gasteiger partial charge in [0.05, 0.1) is 0 Å². The third-order valence-electron chi connectivity index (χ3n) is 6.82. The number of hydrogen-bond donors (Lipinski definition) is 0. The Balaban J connectivity index is 1.33. The zero-order chi connectivity index (χ0) is 19.6. The summed E-state index contributed by atoms with van der Waals surface area (Å²) in [6, 6.07) is 4.99. The van der Waals surface area contributed by atoms with Crippen LogP contribution in [0.3, 0.4) is 0 Å². The van der Waals surface area contributed by atoms with Crippen LogP contribution in [0.5, 0.6) is 0 Å². The molecule has 1 aliphatic carbocycles. The summed E-state index contributed by atoms with van der Waals surface area (Å²) in [7, 11) is 0. The van der Waals surface area contributed by atoms with Crippen LogP contribution in [-0.2, 0) is 12.8 Å². The number of fused-ring (bicyclic) bond motifs is 1. The smallest absolute Gasteiger partial charge is 0.0456 e. The summed E-state index contributed by atoms with van der Waals surface area (Å²) in [6.07, 6.45) is 22.9. The van der Waals surface area contributed by atoms with Gasteiger partial charge in [-0.15, -0.1) is 22.7 Å². The minimum Gasteiger partial charge on any atom is -0.139 e. The number of aryl methyl sites for hydroxylation is 2. The van der Waals surface area contributed by atoms with E-state index in [9.17, 15) is 0 Å². The Morgan fingerprint density at radius 2 is 1.18 bits per heavy atom. The van der Waals surface area contributed by atoms with Crippen molar-refractivity contribution in [1.29, 1.82) is 0 Å². The van der Waals surface area contributed by atoms with E-state index in [2.05, 4.69) is 48.7 Å². The van der Waals surface area contributed by atoms with Crippen LogP contribution in [0.2, 0.25) is 0 Å². The van der Waals surface area contributed by atoms with Gasteiger partial charge >= 0.3 is 0 Å². The predicted molar refractivity (Wildman–Crippen MR) is 130 cm³/mol.